The maximum Gasteiger partial charge on any atom is 0.250 e. The quantitative estimate of drug-likeness (QED) is 0.623. The van der Waals surface area contributed by atoms with Crippen LogP contribution in [0.1, 0.15) is 36.4 Å². The summed E-state index contributed by atoms with van der Waals surface area (Å²) in [6.07, 6.45) is 4.18. The van der Waals surface area contributed by atoms with Crippen LogP contribution in [0.15, 0.2) is 60.7 Å². The van der Waals surface area contributed by atoms with Gasteiger partial charge in [0.05, 0.1) is 7.11 Å². The number of hydrogen-bond acceptors (Lipinski definition) is 4. The number of nitrogens with one attached hydrogen (secondary N) is 1. The molecule has 1 heterocycles. The van der Waals surface area contributed by atoms with Crippen LogP contribution in [0.2, 0.25) is 0 Å². The number of methoxy groups -OCH3 is 1. The predicted molar refractivity (Wildman–Crippen MR) is 103 cm³/mol. The average Bonchev–Trinajstić information content (AvgIpc) is 2.70. The van der Waals surface area contributed by atoms with Crippen molar-refractivity contribution < 1.29 is 14.5 Å². The molecule has 6 heteroatoms. The number of amides is 1. The van der Waals surface area contributed by atoms with E-state index < -0.39 is 11.6 Å². The Labute approximate surface area is 158 Å². The number of carbonyl (C=O) groups excluding carboxylic acids is 1. The van der Waals surface area contributed by atoms with Gasteiger partial charge in [-0.3, -0.25) is 14.9 Å². The number of piperidine rings is 1. The third-order valence-electron chi connectivity index (χ3n) is 5.03. The number of nitrogens with zero attached hydrogens (tertiary/aromatic N) is 1. The fourth-order valence-corrected chi connectivity index (χ4v) is 3.57. The Hall–Kier alpha value is -3.15. The third kappa shape index (κ3) is 3.84. The fraction of sp³-hybridized carbons (Fsp3) is 0.286. The van der Waals surface area contributed by atoms with E-state index in [0.29, 0.717) is 5.75 Å². The van der Waals surface area contributed by atoms with Gasteiger partial charge in [-0.15, -0.1) is 0 Å². The zero-order valence-corrected chi connectivity index (χ0v) is 15.1. The van der Waals surface area contributed by atoms with Crippen LogP contribution in [-0.2, 0) is 4.79 Å². The van der Waals surface area contributed by atoms with E-state index in [-0.39, 0.29) is 30.1 Å². The second kappa shape index (κ2) is 8.03. The first kappa shape index (κ1) is 18.6. The molecule has 0 aliphatic carbocycles. The Kier molecular flexibility index (Phi) is 5.54. The maximum atomic E-state index is 12.1. The molecule has 2 aromatic rings. The van der Waals surface area contributed by atoms with Crippen LogP contribution in [0.25, 0.3) is 6.08 Å². The molecule has 1 amide bonds. The molecule has 1 saturated heterocycles. The summed E-state index contributed by atoms with van der Waals surface area (Å²) < 4.78 is 5.32. The highest BCUT2D eigenvalue weighted by atomic mass is 16.6. The van der Waals surface area contributed by atoms with Crippen LogP contribution in [0.3, 0.4) is 0 Å². The van der Waals surface area contributed by atoms with E-state index in [4.69, 9.17) is 4.74 Å². The van der Waals surface area contributed by atoms with E-state index in [0.717, 1.165) is 11.1 Å². The largest absolute Gasteiger partial charge is 0.496 e. The lowest BCUT2D eigenvalue weighted by Gasteiger charge is -2.36. The summed E-state index contributed by atoms with van der Waals surface area (Å²) in [4.78, 5) is 23.9. The topological polar surface area (TPSA) is 81.5 Å². The first-order valence-electron chi connectivity index (χ1n) is 8.85. The van der Waals surface area contributed by atoms with Gasteiger partial charge >= 0.3 is 0 Å². The lowest BCUT2D eigenvalue weighted by atomic mass is 9.76. The van der Waals surface area contributed by atoms with Crippen molar-refractivity contribution in [1.82, 2.24) is 5.32 Å². The van der Waals surface area contributed by atoms with Crippen molar-refractivity contribution in [1.29, 1.82) is 0 Å². The lowest BCUT2D eigenvalue weighted by molar-refractivity contribution is -0.578. The van der Waals surface area contributed by atoms with Crippen LogP contribution >= 0.6 is 0 Å². The summed E-state index contributed by atoms with van der Waals surface area (Å²) in [6, 6.07) is 16.0. The molecule has 1 aliphatic rings. The van der Waals surface area contributed by atoms with E-state index >= 15 is 0 Å². The molecule has 6 nitrogen and oxygen atoms in total. The molecule has 0 bridgehead atoms. The van der Waals surface area contributed by atoms with Gasteiger partial charge in [0.1, 0.15) is 11.8 Å². The number of para-hydroxylation sites is 1. The van der Waals surface area contributed by atoms with Gasteiger partial charge in [-0.25, -0.2) is 0 Å². The molecule has 1 N–H and O–H groups in total. The Bertz CT molecular complexity index is 850. The highest BCUT2D eigenvalue weighted by Crippen LogP contribution is 2.39. The monoisotopic (exact) mass is 366 g/mol. The second-order valence-corrected chi connectivity index (χ2v) is 6.62. The Morgan fingerprint density at radius 2 is 1.93 bits per heavy atom. The summed E-state index contributed by atoms with van der Waals surface area (Å²) in [5.74, 6) is 0.551. The van der Waals surface area contributed by atoms with Crippen molar-refractivity contribution in [2.45, 2.75) is 30.8 Å². The fourth-order valence-electron chi connectivity index (χ4n) is 3.57. The smallest absolute Gasteiger partial charge is 0.250 e. The minimum absolute atomic E-state index is 0.146. The Balaban J connectivity index is 1.92. The Morgan fingerprint density at radius 1 is 1.22 bits per heavy atom. The van der Waals surface area contributed by atoms with Gasteiger partial charge < -0.3 is 10.1 Å². The van der Waals surface area contributed by atoms with E-state index in [1.165, 1.54) is 0 Å². The van der Waals surface area contributed by atoms with Crippen molar-refractivity contribution in [3.63, 3.8) is 0 Å². The molecule has 140 valence electrons. The molecule has 0 unspecified atom stereocenters. The molecule has 2 aromatic carbocycles. The standard InChI is InChI=1S/C21H22N2O4/c1-27-18-12-6-5-8-16(18)11-7-14-21(23(25)26)15-13-19(24)22-20(21)17-9-3-2-4-10-17/h2-12,20H,13-15H2,1H3,(H,22,24)/b11-7+/t20-,21-/m0/s1. The molecule has 0 spiro atoms. The van der Waals surface area contributed by atoms with Crippen molar-refractivity contribution >= 4 is 12.0 Å². The molecule has 3 rings (SSSR count). The molecule has 1 fully saturated rings. The summed E-state index contributed by atoms with van der Waals surface area (Å²) in [5.41, 5.74) is 0.316. The van der Waals surface area contributed by atoms with Gasteiger partial charge in [-0.1, -0.05) is 60.7 Å². The zero-order valence-electron chi connectivity index (χ0n) is 15.1. The van der Waals surface area contributed by atoms with Crippen molar-refractivity contribution in [2.24, 2.45) is 0 Å². The van der Waals surface area contributed by atoms with Gasteiger partial charge in [-0.05, 0) is 11.6 Å². The van der Waals surface area contributed by atoms with Crippen molar-refractivity contribution in [3.8, 4) is 5.75 Å². The van der Waals surface area contributed by atoms with Crippen LogP contribution in [0.4, 0.5) is 0 Å². The minimum atomic E-state index is -1.28. The number of rotatable bonds is 6. The van der Waals surface area contributed by atoms with E-state index in [2.05, 4.69) is 5.32 Å². The van der Waals surface area contributed by atoms with Gasteiger partial charge in [0, 0.05) is 29.7 Å². The summed E-state index contributed by atoms with van der Waals surface area (Å²) >= 11 is 0. The highest BCUT2D eigenvalue weighted by Gasteiger charge is 2.53. The number of hydrogen-bond donors (Lipinski definition) is 1. The molecule has 1 aliphatic heterocycles. The highest BCUT2D eigenvalue weighted by molar-refractivity contribution is 5.78. The molecule has 0 aromatic heterocycles. The minimum Gasteiger partial charge on any atom is -0.496 e. The number of carbonyl (C=O) groups is 1. The third-order valence-corrected chi connectivity index (χ3v) is 5.03. The Morgan fingerprint density at radius 3 is 2.63 bits per heavy atom. The average molecular weight is 366 g/mol. The first-order valence-corrected chi connectivity index (χ1v) is 8.85. The normalized spacial score (nSPS) is 22.4. The first-order chi connectivity index (χ1) is 13.1. The number of ether oxygens (including phenoxy) is 1. The molecule has 0 saturated carbocycles. The van der Waals surface area contributed by atoms with Crippen molar-refractivity contribution in [2.75, 3.05) is 7.11 Å². The van der Waals surface area contributed by atoms with E-state index in [9.17, 15) is 14.9 Å². The summed E-state index contributed by atoms with van der Waals surface area (Å²) in [7, 11) is 1.59. The lowest BCUT2D eigenvalue weighted by Crippen LogP contribution is -2.55. The number of benzene rings is 2. The van der Waals surface area contributed by atoms with Crippen molar-refractivity contribution in [3.05, 3.63) is 81.9 Å². The zero-order chi connectivity index (χ0) is 19.3. The molecule has 2 atom stereocenters. The van der Waals surface area contributed by atoms with Crippen LogP contribution < -0.4 is 10.1 Å². The van der Waals surface area contributed by atoms with Gasteiger partial charge in [0.25, 0.3) is 0 Å². The summed E-state index contributed by atoms with van der Waals surface area (Å²) in [6.45, 7) is 0. The van der Waals surface area contributed by atoms with Gasteiger partial charge in [0.15, 0.2) is 0 Å². The number of nitro groups is 1. The maximum absolute atomic E-state index is 12.1. The van der Waals surface area contributed by atoms with Gasteiger partial charge in [0.2, 0.25) is 11.4 Å². The molecular formula is C21H22N2O4. The van der Waals surface area contributed by atoms with Crippen LogP contribution in [0, 0.1) is 10.1 Å². The van der Waals surface area contributed by atoms with Crippen LogP contribution in [-0.4, -0.2) is 23.5 Å². The van der Waals surface area contributed by atoms with Crippen LogP contribution in [0.5, 0.6) is 5.75 Å². The molecule has 27 heavy (non-hydrogen) atoms. The second-order valence-electron chi connectivity index (χ2n) is 6.62. The predicted octanol–water partition coefficient (Wildman–Crippen LogP) is 3.77. The molecule has 0 radical (unpaired) electrons. The summed E-state index contributed by atoms with van der Waals surface area (Å²) in [5, 5.41) is 15.0. The van der Waals surface area contributed by atoms with E-state index in [1.54, 1.807) is 13.2 Å². The molecular weight excluding hydrogens is 344 g/mol. The van der Waals surface area contributed by atoms with Gasteiger partial charge in [-0.2, -0.15) is 0 Å². The SMILES string of the molecule is COc1ccccc1/C=C/C[C@]1([N+](=O)[O-])CCC(=O)N[C@H]1c1ccccc1. The van der Waals surface area contributed by atoms with E-state index in [1.807, 2.05) is 60.7 Å².